The molecule has 0 amide bonds. The molecule has 1 aromatic rings. The number of sulfonamides is 1. The molecule has 0 spiro atoms. The smallest absolute Gasteiger partial charge is 0.337 e. The number of carbonyl (C=O) groups is 1. The fourth-order valence-electron chi connectivity index (χ4n) is 2.35. The van der Waals surface area contributed by atoms with E-state index >= 15 is 0 Å². The van der Waals surface area contributed by atoms with Crippen LogP contribution in [0.2, 0.25) is 0 Å². The Hall–Kier alpha value is -1.64. The maximum atomic E-state index is 11.3. The predicted octanol–water partition coefficient (Wildman–Crippen LogP) is 1.01. The van der Waals surface area contributed by atoms with Gasteiger partial charge in [0.15, 0.2) is 0 Å². The van der Waals surface area contributed by atoms with Gasteiger partial charge in [0.1, 0.15) is 0 Å². The van der Waals surface area contributed by atoms with E-state index < -0.39 is 16.0 Å². The van der Waals surface area contributed by atoms with Crippen molar-refractivity contribution >= 4 is 21.7 Å². The SMILES string of the molecule is CC1CC(Nc2ccc(S(N)(=O)=O)cc2C(=O)O)CCO1. The van der Waals surface area contributed by atoms with Gasteiger partial charge in [-0.3, -0.25) is 0 Å². The average Bonchev–Trinajstić information content (AvgIpc) is 2.37. The molecule has 8 heteroatoms. The Bertz CT molecular complexity index is 644. The van der Waals surface area contributed by atoms with Crippen LogP contribution in [0.5, 0.6) is 0 Å². The molecule has 1 saturated heterocycles. The highest BCUT2D eigenvalue weighted by Crippen LogP contribution is 2.24. The summed E-state index contributed by atoms with van der Waals surface area (Å²) in [5, 5.41) is 17.4. The Morgan fingerprint density at radius 3 is 2.76 bits per heavy atom. The molecule has 2 unspecified atom stereocenters. The summed E-state index contributed by atoms with van der Waals surface area (Å²) in [6.07, 6.45) is 1.63. The molecular formula is C13H18N2O5S. The Morgan fingerprint density at radius 1 is 1.48 bits per heavy atom. The van der Waals surface area contributed by atoms with Gasteiger partial charge in [-0.1, -0.05) is 0 Å². The first kappa shape index (κ1) is 15.7. The minimum Gasteiger partial charge on any atom is -0.478 e. The molecule has 1 aliphatic heterocycles. The third kappa shape index (κ3) is 3.93. The van der Waals surface area contributed by atoms with Gasteiger partial charge in [0, 0.05) is 18.3 Å². The summed E-state index contributed by atoms with van der Waals surface area (Å²) >= 11 is 0. The molecule has 0 bridgehead atoms. The van der Waals surface area contributed by atoms with Gasteiger partial charge >= 0.3 is 5.97 Å². The van der Waals surface area contributed by atoms with Crippen LogP contribution in [0.1, 0.15) is 30.1 Å². The summed E-state index contributed by atoms with van der Waals surface area (Å²) in [5.41, 5.74) is 0.273. The summed E-state index contributed by atoms with van der Waals surface area (Å²) in [6, 6.07) is 3.89. The van der Waals surface area contributed by atoms with Crippen molar-refractivity contribution in [3.05, 3.63) is 23.8 Å². The zero-order valence-corrected chi connectivity index (χ0v) is 12.4. The van der Waals surface area contributed by atoms with Crippen molar-refractivity contribution in [3.8, 4) is 0 Å². The van der Waals surface area contributed by atoms with Crippen LogP contribution in [-0.4, -0.2) is 38.2 Å². The molecular weight excluding hydrogens is 296 g/mol. The van der Waals surface area contributed by atoms with Crippen molar-refractivity contribution in [2.75, 3.05) is 11.9 Å². The standard InChI is InChI=1S/C13H18N2O5S/c1-8-6-9(4-5-20-8)15-12-3-2-10(21(14,18)19)7-11(12)13(16)17/h2-3,7-9,15H,4-6H2,1H3,(H,16,17)(H2,14,18,19). The lowest BCUT2D eigenvalue weighted by molar-refractivity contribution is 0.0232. The second-order valence-corrected chi connectivity index (χ2v) is 6.67. The van der Waals surface area contributed by atoms with Gasteiger partial charge in [-0.05, 0) is 38.0 Å². The summed E-state index contributed by atoms with van der Waals surface area (Å²) in [5.74, 6) is -1.21. The van der Waals surface area contributed by atoms with E-state index in [1.807, 2.05) is 6.92 Å². The lowest BCUT2D eigenvalue weighted by Crippen LogP contribution is -2.33. The molecule has 116 valence electrons. The Kier molecular flexibility index (Phi) is 4.50. The van der Waals surface area contributed by atoms with Gasteiger partial charge in [0.25, 0.3) is 0 Å². The largest absolute Gasteiger partial charge is 0.478 e. The van der Waals surface area contributed by atoms with Crippen LogP contribution in [0.3, 0.4) is 0 Å². The molecule has 7 nitrogen and oxygen atoms in total. The van der Waals surface area contributed by atoms with E-state index in [0.29, 0.717) is 12.3 Å². The zero-order valence-electron chi connectivity index (χ0n) is 11.6. The third-order valence-corrected chi connectivity index (χ3v) is 4.31. The molecule has 0 aliphatic carbocycles. The fourth-order valence-corrected chi connectivity index (χ4v) is 2.89. The van der Waals surface area contributed by atoms with Crippen LogP contribution in [0.25, 0.3) is 0 Å². The van der Waals surface area contributed by atoms with Crippen molar-refractivity contribution in [3.63, 3.8) is 0 Å². The Morgan fingerprint density at radius 2 is 2.19 bits per heavy atom. The number of anilines is 1. The van der Waals surface area contributed by atoms with E-state index in [0.717, 1.165) is 18.9 Å². The molecule has 21 heavy (non-hydrogen) atoms. The number of hydrogen-bond donors (Lipinski definition) is 3. The summed E-state index contributed by atoms with van der Waals surface area (Å²) in [6.45, 7) is 2.56. The van der Waals surface area contributed by atoms with Crippen LogP contribution in [0.15, 0.2) is 23.1 Å². The highest BCUT2D eigenvalue weighted by Gasteiger charge is 2.22. The lowest BCUT2D eigenvalue weighted by Gasteiger charge is -2.29. The van der Waals surface area contributed by atoms with Crippen molar-refractivity contribution in [2.24, 2.45) is 5.14 Å². The number of benzene rings is 1. The van der Waals surface area contributed by atoms with Crippen LogP contribution in [0, 0.1) is 0 Å². The topological polar surface area (TPSA) is 119 Å². The van der Waals surface area contributed by atoms with Crippen molar-refractivity contribution in [1.29, 1.82) is 0 Å². The van der Waals surface area contributed by atoms with Gasteiger partial charge < -0.3 is 15.2 Å². The Balaban J connectivity index is 2.28. The molecule has 0 saturated carbocycles. The molecule has 2 atom stereocenters. The first-order chi connectivity index (χ1) is 9.77. The van der Waals surface area contributed by atoms with Gasteiger partial charge in [0.2, 0.25) is 10.0 Å². The molecule has 0 aromatic heterocycles. The monoisotopic (exact) mass is 314 g/mol. The number of primary sulfonamides is 1. The van der Waals surface area contributed by atoms with Crippen LogP contribution >= 0.6 is 0 Å². The van der Waals surface area contributed by atoms with Crippen molar-refractivity contribution in [2.45, 2.75) is 36.8 Å². The molecule has 1 fully saturated rings. The predicted molar refractivity (Wildman–Crippen MR) is 76.8 cm³/mol. The van der Waals surface area contributed by atoms with E-state index in [1.165, 1.54) is 12.1 Å². The second kappa shape index (κ2) is 6.00. The number of nitrogens with two attached hydrogens (primary N) is 1. The summed E-state index contributed by atoms with van der Waals surface area (Å²) in [4.78, 5) is 11.1. The average molecular weight is 314 g/mol. The van der Waals surface area contributed by atoms with Gasteiger partial charge in [-0.2, -0.15) is 0 Å². The number of nitrogens with one attached hydrogen (secondary N) is 1. The van der Waals surface area contributed by atoms with E-state index in [4.69, 9.17) is 9.88 Å². The third-order valence-electron chi connectivity index (χ3n) is 3.39. The molecule has 1 heterocycles. The minimum atomic E-state index is -3.93. The highest BCUT2D eigenvalue weighted by molar-refractivity contribution is 7.89. The zero-order chi connectivity index (χ0) is 15.6. The summed E-state index contributed by atoms with van der Waals surface area (Å²) in [7, 11) is -3.93. The van der Waals surface area contributed by atoms with Gasteiger partial charge in [-0.15, -0.1) is 0 Å². The number of rotatable bonds is 4. The van der Waals surface area contributed by atoms with E-state index in [9.17, 15) is 18.3 Å². The van der Waals surface area contributed by atoms with Crippen LogP contribution in [0.4, 0.5) is 5.69 Å². The number of carboxylic acids is 1. The molecule has 2 rings (SSSR count). The Labute approximate surface area is 123 Å². The first-order valence-corrected chi connectivity index (χ1v) is 8.10. The van der Waals surface area contributed by atoms with Gasteiger partial charge in [-0.25, -0.2) is 18.4 Å². The minimum absolute atomic E-state index is 0.0900. The number of ether oxygens (including phenoxy) is 1. The first-order valence-electron chi connectivity index (χ1n) is 6.55. The number of carboxylic acid groups (broad SMARTS) is 1. The molecule has 1 aromatic carbocycles. The maximum absolute atomic E-state index is 11.3. The van der Waals surface area contributed by atoms with Crippen molar-refractivity contribution in [1.82, 2.24) is 0 Å². The quantitative estimate of drug-likeness (QED) is 0.763. The van der Waals surface area contributed by atoms with Crippen LogP contribution in [-0.2, 0) is 14.8 Å². The molecule has 4 N–H and O–H groups in total. The van der Waals surface area contributed by atoms with E-state index in [1.54, 1.807) is 0 Å². The normalized spacial score (nSPS) is 22.8. The van der Waals surface area contributed by atoms with Crippen LogP contribution < -0.4 is 10.5 Å². The number of aromatic carboxylic acids is 1. The van der Waals surface area contributed by atoms with E-state index in [2.05, 4.69) is 5.32 Å². The fraction of sp³-hybridized carbons (Fsp3) is 0.462. The highest BCUT2D eigenvalue weighted by atomic mass is 32.2. The van der Waals surface area contributed by atoms with Crippen molar-refractivity contribution < 1.29 is 23.1 Å². The van der Waals surface area contributed by atoms with Gasteiger partial charge in [0.05, 0.1) is 16.6 Å². The van der Waals surface area contributed by atoms with E-state index in [-0.39, 0.29) is 22.6 Å². The second-order valence-electron chi connectivity index (χ2n) is 5.10. The maximum Gasteiger partial charge on any atom is 0.337 e. The number of hydrogen-bond acceptors (Lipinski definition) is 5. The lowest BCUT2D eigenvalue weighted by atomic mass is 10.0. The molecule has 0 radical (unpaired) electrons. The molecule has 1 aliphatic rings. The summed E-state index contributed by atoms with van der Waals surface area (Å²) < 4.78 is 28.0.